The molecule has 2 heterocycles. The normalized spacial score (nSPS) is 12.0. The van der Waals surface area contributed by atoms with Crippen LogP contribution in [0, 0.1) is 0 Å². The fraction of sp³-hybridized carbons (Fsp3) is 0. The quantitative estimate of drug-likeness (QED) is 0.135. The molecule has 2 heteroatoms. The van der Waals surface area contributed by atoms with Gasteiger partial charge in [-0.15, -0.1) is 0 Å². The molecule has 0 saturated carbocycles. The molecule has 0 aliphatic rings. The summed E-state index contributed by atoms with van der Waals surface area (Å²) in [5.41, 5.74) is 18.8. The molecular formula is C62H42N2. The first-order valence-corrected chi connectivity index (χ1v) is 22.0. The lowest BCUT2D eigenvalue weighted by atomic mass is 9.81. The van der Waals surface area contributed by atoms with E-state index in [1.807, 2.05) is 0 Å². The van der Waals surface area contributed by atoms with Crippen molar-refractivity contribution in [3.63, 3.8) is 0 Å². The summed E-state index contributed by atoms with van der Waals surface area (Å²) in [5, 5.41) is 5.05. The van der Waals surface area contributed by atoms with Crippen LogP contribution in [-0.4, -0.2) is 9.13 Å². The lowest BCUT2D eigenvalue weighted by Crippen LogP contribution is -2.01. The van der Waals surface area contributed by atoms with Gasteiger partial charge >= 0.3 is 0 Å². The molecule has 10 aromatic carbocycles. The Morgan fingerprint density at radius 3 is 0.859 bits per heavy atom. The maximum atomic E-state index is 2.38. The van der Waals surface area contributed by atoms with E-state index < -0.39 is 0 Å². The predicted molar refractivity (Wildman–Crippen MR) is 270 cm³/mol. The molecule has 2 nitrogen and oxygen atoms in total. The summed E-state index contributed by atoms with van der Waals surface area (Å²) in [5.74, 6) is 0. The van der Waals surface area contributed by atoms with Crippen molar-refractivity contribution < 1.29 is 0 Å². The van der Waals surface area contributed by atoms with E-state index in [0.717, 1.165) is 33.6 Å². The minimum atomic E-state index is 1.14. The van der Waals surface area contributed by atoms with Gasteiger partial charge in [0, 0.05) is 32.9 Å². The third-order valence-electron chi connectivity index (χ3n) is 12.8. The van der Waals surface area contributed by atoms with Crippen LogP contribution in [-0.2, 0) is 0 Å². The van der Waals surface area contributed by atoms with E-state index in [9.17, 15) is 0 Å². The summed E-state index contributed by atoms with van der Waals surface area (Å²) in [6.07, 6.45) is 0. The highest BCUT2D eigenvalue weighted by Crippen LogP contribution is 2.44. The maximum Gasteiger partial charge on any atom is 0.0541 e. The smallest absolute Gasteiger partial charge is 0.0541 e. The van der Waals surface area contributed by atoms with E-state index in [1.165, 1.54) is 77.0 Å². The van der Waals surface area contributed by atoms with Crippen LogP contribution in [0.4, 0.5) is 0 Å². The van der Waals surface area contributed by atoms with Crippen LogP contribution in [0.5, 0.6) is 0 Å². The number of rotatable bonds is 8. The largest absolute Gasteiger partial charge is 0.309 e. The van der Waals surface area contributed by atoms with Gasteiger partial charge in [-0.3, -0.25) is 0 Å². The van der Waals surface area contributed by atoms with Crippen molar-refractivity contribution >= 4 is 54.8 Å². The van der Waals surface area contributed by atoms with Crippen LogP contribution >= 0.6 is 0 Å². The molecule has 64 heavy (non-hydrogen) atoms. The lowest BCUT2D eigenvalue weighted by molar-refractivity contribution is 1.18. The summed E-state index contributed by atoms with van der Waals surface area (Å²) in [6, 6.07) is 92.7. The highest BCUT2D eigenvalue weighted by molar-refractivity contribution is 6.11. The van der Waals surface area contributed by atoms with Gasteiger partial charge in [-0.25, -0.2) is 0 Å². The number of benzene rings is 10. The molecule has 0 saturated heterocycles. The van der Waals surface area contributed by atoms with Crippen molar-refractivity contribution in [3.8, 4) is 33.6 Å². The minimum Gasteiger partial charge on any atom is -0.309 e. The van der Waals surface area contributed by atoms with Crippen LogP contribution in [0.25, 0.3) is 88.4 Å². The van der Waals surface area contributed by atoms with Gasteiger partial charge in [-0.1, -0.05) is 206 Å². The second-order valence-corrected chi connectivity index (χ2v) is 16.4. The highest BCUT2D eigenvalue weighted by atomic mass is 15.0. The predicted octanol–water partition coefficient (Wildman–Crippen LogP) is 16.2. The second-order valence-electron chi connectivity index (χ2n) is 16.4. The molecule has 0 radical (unpaired) electrons. The highest BCUT2D eigenvalue weighted by Gasteiger charge is 2.22. The van der Waals surface area contributed by atoms with E-state index in [1.54, 1.807) is 0 Å². The Balaban J connectivity index is 1.04. The van der Waals surface area contributed by atoms with E-state index in [-0.39, 0.29) is 0 Å². The van der Waals surface area contributed by atoms with Gasteiger partial charge in [0.25, 0.3) is 0 Å². The SMILES string of the molecule is c1ccc(/C(=C(\c2ccccc2)c2ccccc2-c2ccc(-n3c4ccccc4c4ccccc43)cc2)c2ccccc2-c2ccc(-n3c4ccccc4c4ccccc43)cc2)cc1. The average Bonchev–Trinajstić information content (AvgIpc) is 3.89. The van der Waals surface area contributed by atoms with Crippen molar-refractivity contribution in [1.82, 2.24) is 9.13 Å². The standard InChI is InChI=1S/C62H42N2/c1-3-19-45(20-4-1)61(55-29-9-7-23-49(55)43-35-39-47(40-36-43)63-57-31-15-11-25-51(57)52-26-12-16-32-58(52)63)62(46-21-5-2-6-22-46)56-30-10-8-24-50(56)44-37-41-48(42-38-44)64-59-33-17-13-27-53(59)54-28-14-18-34-60(54)64/h1-42H/b62-61-. The fourth-order valence-electron chi connectivity index (χ4n) is 9.97. The molecule has 0 spiro atoms. The molecule has 0 aliphatic heterocycles. The Hall–Kier alpha value is -8.46. The van der Waals surface area contributed by atoms with Crippen LogP contribution in [0.2, 0.25) is 0 Å². The van der Waals surface area contributed by atoms with Gasteiger partial charge in [0.15, 0.2) is 0 Å². The first-order valence-electron chi connectivity index (χ1n) is 22.0. The number of fused-ring (bicyclic) bond motifs is 6. The third-order valence-corrected chi connectivity index (χ3v) is 12.8. The van der Waals surface area contributed by atoms with E-state index in [0.29, 0.717) is 0 Å². The third kappa shape index (κ3) is 6.27. The molecule has 0 bridgehead atoms. The van der Waals surface area contributed by atoms with Crippen LogP contribution in [0.15, 0.2) is 255 Å². The zero-order valence-corrected chi connectivity index (χ0v) is 35.1. The number of nitrogens with zero attached hydrogens (tertiary/aromatic N) is 2. The van der Waals surface area contributed by atoms with Crippen LogP contribution in [0.1, 0.15) is 22.3 Å². The van der Waals surface area contributed by atoms with Gasteiger partial charge < -0.3 is 9.13 Å². The maximum absolute atomic E-state index is 2.38. The molecule has 0 unspecified atom stereocenters. The number of hydrogen-bond donors (Lipinski definition) is 0. The first kappa shape index (κ1) is 37.3. The number of aromatic nitrogens is 2. The van der Waals surface area contributed by atoms with Crippen molar-refractivity contribution in [2.24, 2.45) is 0 Å². The molecule has 0 N–H and O–H groups in total. The molecule has 300 valence electrons. The van der Waals surface area contributed by atoms with E-state index in [4.69, 9.17) is 0 Å². The van der Waals surface area contributed by atoms with Crippen molar-refractivity contribution in [2.75, 3.05) is 0 Å². The zero-order valence-electron chi connectivity index (χ0n) is 35.1. The van der Waals surface area contributed by atoms with E-state index >= 15 is 0 Å². The molecule has 0 atom stereocenters. The monoisotopic (exact) mass is 814 g/mol. The fourth-order valence-corrected chi connectivity index (χ4v) is 9.97. The van der Waals surface area contributed by atoms with Gasteiger partial charge in [0.2, 0.25) is 0 Å². The van der Waals surface area contributed by atoms with Crippen LogP contribution in [0.3, 0.4) is 0 Å². The zero-order chi connectivity index (χ0) is 42.4. The van der Waals surface area contributed by atoms with Crippen LogP contribution < -0.4 is 0 Å². The summed E-state index contributed by atoms with van der Waals surface area (Å²) in [4.78, 5) is 0. The Morgan fingerprint density at radius 1 is 0.234 bits per heavy atom. The van der Waals surface area contributed by atoms with Gasteiger partial charge in [0.05, 0.1) is 22.1 Å². The molecular weight excluding hydrogens is 773 g/mol. The summed E-state index contributed by atoms with van der Waals surface area (Å²) < 4.78 is 4.77. The summed E-state index contributed by atoms with van der Waals surface area (Å²) in [6.45, 7) is 0. The Labute approximate surface area is 372 Å². The molecule has 0 aliphatic carbocycles. The van der Waals surface area contributed by atoms with Crippen molar-refractivity contribution in [1.29, 1.82) is 0 Å². The molecule has 12 rings (SSSR count). The first-order chi connectivity index (χ1) is 31.8. The van der Waals surface area contributed by atoms with Crippen molar-refractivity contribution in [2.45, 2.75) is 0 Å². The van der Waals surface area contributed by atoms with Gasteiger partial charge in [0.1, 0.15) is 0 Å². The minimum absolute atomic E-state index is 1.14. The van der Waals surface area contributed by atoms with Crippen molar-refractivity contribution in [3.05, 3.63) is 277 Å². The molecule has 0 amide bonds. The molecule has 0 fully saturated rings. The second kappa shape index (κ2) is 15.8. The lowest BCUT2D eigenvalue weighted by Gasteiger charge is -2.22. The molecule has 12 aromatic rings. The Morgan fingerprint density at radius 2 is 0.516 bits per heavy atom. The Kier molecular flexibility index (Phi) is 9.20. The average molecular weight is 815 g/mol. The molecule has 2 aromatic heterocycles. The Bertz CT molecular complexity index is 3330. The van der Waals surface area contributed by atoms with Gasteiger partial charge in [-0.05, 0) is 104 Å². The summed E-state index contributed by atoms with van der Waals surface area (Å²) in [7, 11) is 0. The topological polar surface area (TPSA) is 9.86 Å². The summed E-state index contributed by atoms with van der Waals surface area (Å²) >= 11 is 0. The van der Waals surface area contributed by atoms with E-state index in [2.05, 4.69) is 264 Å². The number of hydrogen-bond acceptors (Lipinski definition) is 0. The number of para-hydroxylation sites is 4. The van der Waals surface area contributed by atoms with Gasteiger partial charge in [-0.2, -0.15) is 0 Å².